The monoisotopic (exact) mass is 566 g/mol. The number of hydrogen-bond acceptors (Lipinski definition) is 9. The van der Waals surface area contributed by atoms with Crippen LogP contribution in [0.5, 0.6) is 11.5 Å². The van der Waals surface area contributed by atoms with E-state index >= 15 is 0 Å². The van der Waals surface area contributed by atoms with E-state index in [0.29, 0.717) is 25.2 Å². The van der Waals surface area contributed by atoms with Crippen LogP contribution in [0.4, 0.5) is 11.4 Å². The number of nitro benzene ring substituents is 1. The predicted molar refractivity (Wildman–Crippen MR) is 146 cm³/mol. The number of fused-ring (bicyclic) bond motifs is 1. The number of para-hydroxylation sites is 1. The van der Waals surface area contributed by atoms with E-state index in [-0.39, 0.29) is 35.8 Å². The van der Waals surface area contributed by atoms with E-state index in [4.69, 9.17) is 9.47 Å². The highest BCUT2D eigenvalue weighted by Crippen LogP contribution is 2.33. The largest absolute Gasteiger partial charge is 0.456 e. The van der Waals surface area contributed by atoms with Gasteiger partial charge in [0.1, 0.15) is 17.2 Å². The summed E-state index contributed by atoms with van der Waals surface area (Å²) < 4.78 is 39.6. The zero-order valence-electron chi connectivity index (χ0n) is 21.1. The summed E-state index contributed by atoms with van der Waals surface area (Å²) in [4.78, 5) is 26.8. The molecule has 1 aromatic heterocycles. The molecule has 2 heterocycles. The van der Waals surface area contributed by atoms with Crippen molar-refractivity contribution in [3.63, 3.8) is 0 Å². The van der Waals surface area contributed by atoms with Gasteiger partial charge in [-0.1, -0.05) is 18.2 Å². The highest BCUT2D eigenvalue weighted by molar-refractivity contribution is 7.90. The summed E-state index contributed by atoms with van der Waals surface area (Å²) in [5, 5.41) is 25.0. The van der Waals surface area contributed by atoms with E-state index in [0.717, 1.165) is 17.0 Å². The number of sulfonamides is 1. The lowest BCUT2D eigenvalue weighted by Crippen LogP contribution is -2.36. The van der Waals surface area contributed by atoms with E-state index in [1.165, 1.54) is 24.3 Å². The standard InChI is InChI=1S/C27H26N4O8S/c32-16-18-14-17(11-13-38-18)29-23-9-8-19(15-24(23)31(34)35)40(36,37)30-27(33)21-4-1-2-6-26(21)39-25-7-3-5-22-20(25)10-12-28-22/h1-10,12,15,17-18,28-29,32H,11,13-14,16H2,(H,30,33). The number of aliphatic hydroxyl groups is 1. The van der Waals surface area contributed by atoms with Gasteiger partial charge in [0, 0.05) is 35.8 Å². The fourth-order valence-corrected chi connectivity index (χ4v) is 5.54. The number of ether oxygens (including phenoxy) is 2. The van der Waals surface area contributed by atoms with Gasteiger partial charge >= 0.3 is 0 Å². The second kappa shape index (κ2) is 11.3. The maximum absolute atomic E-state index is 13.1. The summed E-state index contributed by atoms with van der Waals surface area (Å²) in [6, 6.07) is 16.5. The summed E-state index contributed by atoms with van der Waals surface area (Å²) in [7, 11) is -4.49. The molecule has 1 saturated heterocycles. The first-order valence-electron chi connectivity index (χ1n) is 12.4. The Morgan fingerprint density at radius 1 is 1.12 bits per heavy atom. The highest BCUT2D eigenvalue weighted by Gasteiger charge is 2.28. The van der Waals surface area contributed by atoms with Crippen LogP contribution in [0.2, 0.25) is 0 Å². The summed E-state index contributed by atoms with van der Waals surface area (Å²) in [6.07, 6.45) is 2.36. The van der Waals surface area contributed by atoms with E-state index < -0.39 is 31.4 Å². The Kier molecular flexibility index (Phi) is 7.69. The highest BCUT2D eigenvalue weighted by atomic mass is 32.2. The molecule has 12 nitrogen and oxygen atoms in total. The van der Waals surface area contributed by atoms with Crippen LogP contribution in [0, 0.1) is 10.1 Å². The first-order valence-corrected chi connectivity index (χ1v) is 13.9. The number of rotatable bonds is 9. The average Bonchev–Trinajstić information content (AvgIpc) is 3.43. The van der Waals surface area contributed by atoms with Crippen molar-refractivity contribution in [1.82, 2.24) is 9.71 Å². The van der Waals surface area contributed by atoms with E-state index in [1.807, 2.05) is 16.9 Å². The van der Waals surface area contributed by atoms with Crippen molar-refractivity contribution in [1.29, 1.82) is 0 Å². The number of carbonyl (C=O) groups is 1. The van der Waals surface area contributed by atoms with Gasteiger partial charge in [-0.25, -0.2) is 13.1 Å². The quantitative estimate of drug-likeness (QED) is 0.173. The van der Waals surface area contributed by atoms with Crippen molar-refractivity contribution in [3.8, 4) is 11.5 Å². The van der Waals surface area contributed by atoms with E-state index in [1.54, 1.807) is 30.5 Å². The number of H-pyrrole nitrogens is 1. The topological polar surface area (TPSA) is 173 Å². The second-order valence-electron chi connectivity index (χ2n) is 9.20. The maximum atomic E-state index is 13.1. The number of nitro groups is 1. The summed E-state index contributed by atoms with van der Waals surface area (Å²) in [5.41, 5.74) is 0.443. The third kappa shape index (κ3) is 5.76. The molecule has 0 radical (unpaired) electrons. The van der Waals surface area contributed by atoms with Crippen molar-refractivity contribution in [2.24, 2.45) is 0 Å². The Morgan fingerprint density at radius 2 is 1.93 bits per heavy atom. The number of benzene rings is 3. The number of anilines is 1. The van der Waals surface area contributed by atoms with E-state index in [2.05, 4.69) is 10.3 Å². The molecule has 1 aliphatic heterocycles. The third-order valence-corrected chi connectivity index (χ3v) is 7.87. The Labute approximate surface area is 229 Å². The molecular formula is C27H26N4O8S. The molecule has 5 rings (SSSR count). The molecule has 13 heteroatoms. The molecule has 2 atom stereocenters. The Balaban J connectivity index is 1.37. The van der Waals surface area contributed by atoms with Gasteiger partial charge in [-0.15, -0.1) is 0 Å². The van der Waals surface area contributed by atoms with Crippen LogP contribution < -0.4 is 14.8 Å². The molecule has 2 unspecified atom stereocenters. The lowest BCUT2D eigenvalue weighted by atomic mass is 10.0. The smallest absolute Gasteiger partial charge is 0.293 e. The second-order valence-corrected chi connectivity index (χ2v) is 10.9. The number of aromatic nitrogens is 1. The van der Waals surface area contributed by atoms with Crippen molar-refractivity contribution in [3.05, 3.63) is 88.6 Å². The van der Waals surface area contributed by atoms with Gasteiger partial charge in [0.2, 0.25) is 0 Å². The van der Waals surface area contributed by atoms with Crippen molar-refractivity contribution in [2.45, 2.75) is 29.9 Å². The minimum Gasteiger partial charge on any atom is -0.456 e. The van der Waals surface area contributed by atoms with Gasteiger partial charge in [-0.05, 0) is 55.3 Å². The zero-order valence-corrected chi connectivity index (χ0v) is 21.9. The van der Waals surface area contributed by atoms with Crippen LogP contribution in [-0.4, -0.2) is 54.7 Å². The van der Waals surface area contributed by atoms with E-state index in [9.17, 15) is 28.4 Å². The molecule has 208 valence electrons. The summed E-state index contributed by atoms with van der Waals surface area (Å²) in [6.45, 7) is 0.202. The van der Waals surface area contributed by atoms with Gasteiger partial charge in [0.05, 0.1) is 28.1 Å². The lowest BCUT2D eigenvalue weighted by molar-refractivity contribution is -0.384. The maximum Gasteiger partial charge on any atom is 0.293 e. The third-order valence-electron chi connectivity index (χ3n) is 6.54. The molecule has 4 aromatic rings. The number of nitrogens with zero attached hydrogens (tertiary/aromatic N) is 1. The fourth-order valence-electron chi connectivity index (χ4n) is 4.55. The number of hydrogen-bond donors (Lipinski definition) is 4. The number of nitrogens with one attached hydrogen (secondary N) is 3. The molecule has 40 heavy (non-hydrogen) atoms. The Bertz CT molecular complexity index is 1670. The molecule has 0 aliphatic carbocycles. The van der Waals surface area contributed by atoms with Crippen molar-refractivity contribution >= 4 is 38.2 Å². The van der Waals surface area contributed by atoms with Crippen LogP contribution >= 0.6 is 0 Å². The first-order chi connectivity index (χ1) is 19.2. The molecular weight excluding hydrogens is 540 g/mol. The number of aliphatic hydroxyl groups excluding tert-OH is 1. The fraction of sp³-hybridized carbons (Fsp3) is 0.222. The predicted octanol–water partition coefficient (Wildman–Crippen LogP) is 3.94. The van der Waals surface area contributed by atoms with Crippen LogP contribution in [0.15, 0.2) is 77.8 Å². The van der Waals surface area contributed by atoms with Crippen molar-refractivity contribution < 1.29 is 32.7 Å². The molecule has 4 N–H and O–H groups in total. The molecule has 1 amide bonds. The molecule has 0 spiro atoms. The molecule has 1 fully saturated rings. The normalized spacial score (nSPS) is 17.3. The molecule has 0 bridgehead atoms. The number of aromatic amines is 1. The minimum absolute atomic E-state index is 0.0376. The summed E-state index contributed by atoms with van der Waals surface area (Å²) >= 11 is 0. The van der Waals surface area contributed by atoms with Gasteiger partial charge < -0.3 is 24.9 Å². The lowest BCUT2D eigenvalue weighted by Gasteiger charge is -2.29. The van der Waals surface area contributed by atoms with Gasteiger partial charge in [-0.3, -0.25) is 14.9 Å². The zero-order chi connectivity index (χ0) is 28.3. The number of amides is 1. The van der Waals surface area contributed by atoms with Gasteiger partial charge in [0.15, 0.2) is 0 Å². The molecule has 0 saturated carbocycles. The first kappa shape index (κ1) is 27.1. The van der Waals surface area contributed by atoms with Crippen LogP contribution in [0.25, 0.3) is 10.9 Å². The van der Waals surface area contributed by atoms with Crippen molar-refractivity contribution in [2.75, 3.05) is 18.5 Å². The van der Waals surface area contributed by atoms with Gasteiger partial charge in [-0.2, -0.15) is 0 Å². The van der Waals surface area contributed by atoms with Gasteiger partial charge in [0.25, 0.3) is 21.6 Å². The summed E-state index contributed by atoms with van der Waals surface area (Å²) in [5.74, 6) is -0.360. The molecule has 1 aliphatic rings. The van der Waals surface area contributed by atoms with Crippen LogP contribution in [-0.2, 0) is 14.8 Å². The minimum atomic E-state index is -4.49. The Morgan fingerprint density at radius 3 is 2.73 bits per heavy atom. The van der Waals surface area contributed by atoms with Crippen LogP contribution in [0.3, 0.4) is 0 Å². The average molecular weight is 567 g/mol. The molecule has 3 aromatic carbocycles. The SMILES string of the molecule is O=C(NS(=O)(=O)c1ccc(NC2CCOC(CO)C2)c([N+](=O)[O-])c1)c1ccccc1Oc1cccc2[nH]ccc12. The van der Waals surface area contributed by atoms with Crippen LogP contribution in [0.1, 0.15) is 23.2 Å². The Hall–Kier alpha value is -4.46. The number of carbonyl (C=O) groups excluding carboxylic acids is 1.